The quantitative estimate of drug-likeness (QED) is 0.523. The Balaban J connectivity index is 1.75. The fraction of sp³-hybridized carbons (Fsp3) is 0.538. The number of carbonyl (C=O) groups is 1. The van der Waals surface area contributed by atoms with Gasteiger partial charge in [-0.05, 0) is 63.1 Å². The van der Waals surface area contributed by atoms with Gasteiger partial charge in [-0.2, -0.15) is 9.57 Å². The predicted octanol–water partition coefficient (Wildman–Crippen LogP) is 4.60. The minimum absolute atomic E-state index is 0.0921. The van der Waals surface area contributed by atoms with Crippen molar-refractivity contribution in [3.63, 3.8) is 0 Å². The Morgan fingerprint density at radius 1 is 1.24 bits per heavy atom. The molecule has 0 radical (unpaired) electrons. The van der Waals surface area contributed by atoms with Crippen molar-refractivity contribution >= 4 is 21.6 Å². The van der Waals surface area contributed by atoms with E-state index in [1.54, 1.807) is 35.5 Å². The van der Waals surface area contributed by atoms with Crippen LogP contribution in [0.3, 0.4) is 0 Å². The van der Waals surface area contributed by atoms with Gasteiger partial charge in [0.1, 0.15) is 0 Å². The van der Waals surface area contributed by atoms with Crippen LogP contribution < -0.4 is 5.32 Å². The molecule has 0 spiro atoms. The maximum absolute atomic E-state index is 13.6. The Kier molecular flexibility index (Phi) is 9.06. The van der Waals surface area contributed by atoms with Gasteiger partial charge < -0.3 is 10.4 Å². The molecule has 34 heavy (non-hydrogen) atoms. The standard InChI is InChI=1S/C26H35N3O4S/c1-3-7-23(34(32,33)29-15-6-9-21-8-4-5-10-25(21)29)13-11-19(2)26(31)28-24-14-12-20(17-27)16-22(24)18-30/h7,11-12,14,16,21,25,30H,3-6,8-10,13,15,18H2,1-2H3,(H,28,31)/b19-11+,23-7+. The number of nitrogens with one attached hydrogen (secondary N) is 1. The summed E-state index contributed by atoms with van der Waals surface area (Å²) in [5.74, 6) is 0.0781. The average Bonchev–Trinajstić information content (AvgIpc) is 2.85. The molecule has 184 valence electrons. The van der Waals surface area contributed by atoms with E-state index in [4.69, 9.17) is 5.26 Å². The number of nitriles is 1. The highest BCUT2D eigenvalue weighted by atomic mass is 32.2. The number of nitrogens with zero attached hydrogens (tertiary/aromatic N) is 2. The number of carbonyl (C=O) groups excluding carboxylic acids is 1. The number of rotatable bonds is 8. The van der Waals surface area contributed by atoms with Gasteiger partial charge in [-0.15, -0.1) is 0 Å². The van der Waals surface area contributed by atoms with Crippen LogP contribution in [0.5, 0.6) is 0 Å². The van der Waals surface area contributed by atoms with Crippen molar-refractivity contribution < 1.29 is 18.3 Å². The molecule has 1 heterocycles. The lowest BCUT2D eigenvalue weighted by Crippen LogP contribution is -2.49. The number of allylic oxidation sites excluding steroid dienone is 3. The average molecular weight is 486 g/mol. The Bertz CT molecular complexity index is 1100. The Labute approximate surface area is 203 Å². The maximum Gasteiger partial charge on any atom is 0.250 e. The second-order valence-corrected chi connectivity index (χ2v) is 11.1. The monoisotopic (exact) mass is 485 g/mol. The predicted molar refractivity (Wildman–Crippen MR) is 133 cm³/mol. The van der Waals surface area contributed by atoms with Crippen molar-refractivity contribution in [3.05, 3.63) is 52.0 Å². The van der Waals surface area contributed by atoms with Crippen LogP contribution >= 0.6 is 0 Å². The summed E-state index contributed by atoms with van der Waals surface area (Å²) in [4.78, 5) is 13.1. The number of hydrogen-bond acceptors (Lipinski definition) is 5. The number of fused-ring (bicyclic) bond motifs is 1. The molecule has 2 atom stereocenters. The summed E-state index contributed by atoms with van der Waals surface area (Å²) in [5, 5.41) is 21.3. The molecule has 1 aliphatic heterocycles. The zero-order valence-corrected chi connectivity index (χ0v) is 20.9. The maximum atomic E-state index is 13.6. The topological polar surface area (TPSA) is 110 Å². The Morgan fingerprint density at radius 2 is 1.97 bits per heavy atom. The number of anilines is 1. The largest absolute Gasteiger partial charge is 0.392 e. The Hall–Kier alpha value is -2.47. The number of aliphatic hydroxyl groups is 1. The van der Waals surface area contributed by atoms with Gasteiger partial charge in [-0.3, -0.25) is 4.79 Å². The highest BCUT2D eigenvalue weighted by Crippen LogP contribution is 2.38. The van der Waals surface area contributed by atoms with E-state index < -0.39 is 10.0 Å². The second kappa shape index (κ2) is 11.8. The summed E-state index contributed by atoms with van der Waals surface area (Å²) >= 11 is 0. The van der Waals surface area contributed by atoms with Gasteiger partial charge >= 0.3 is 0 Å². The number of aliphatic hydroxyl groups excluding tert-OH is 1. The number of sulfonamides is 1. The zero-order valence-electron chi connectivity index (χ0n) is 20.1. The molecule has 7 nitrogen and oxygen atoms in total. The van der Waals surface area contributed by atoms with Crippen molar-refractivity contribution in [3.8, 4) is 6.07 Å². The van der Waals surface area contributed by atoms with Crippen LogP contribution in [0.1, 0.15) is 76.3 Å². The van der Waals surface area contributed by atoms with Gasteiger partial charge in [0.25, 0.3) is 5.91 Å². The minimum Gasteiger partial charge on any atom is -0.392 e. The molecule has 8 heteroatoms. The van der Waals surface area contributed by atoms with Crippen molar-refractivity contribution in [2.24, 2.45) is 5.92 Å². The van der Waals surface area contributed by atoms with Crippen LogP contribution in [0.4, 0.5) is 5.69 Å². The summed E-state index contributed by atoms with van der Waals surface area (Å²) in [6, 6.07) is 6.78. The first-order chi connectivity index (χ1) is 16.3. The normalized spacial score (nSPS) is 22.1. The third-order valence-electron chi connectivity index (χ3n) is 6.88. The molecule has 0 aromatic heterocycles. The van der Waals surface area contributed by atoms with Crippen LogP contribution in [-0.2, 0) is 21.4 Å². The van der Waals surface area contributed by atoms with Crippen molar-refractivity contribution in [1.29, 1.82) is 5.26 Å². The highest BCUT2D eigenvalue weighted by Gasteiger charge is 2.40. The molecule has 2 unspecified atom stereocenters. The lowest BCUT2D eigenvalue weighted by atomic mass is 9.79. The third-order valence-corrected chi connectivity index (χ3v) is 8.95. The molecule has 1 aromatic carbocycles. The van der Waals surface area contributed by atoms with E-state index in [1.165, 1.54) is 12.5 Å². The third kappa shape index (κ3) is 5.96. The van der Waals surface area contributed by atoms with Gasteiger partial charge in [0.05, 0.1) is 23.1 Å². The molecule has 3 rings (SSSR count). The first-order valence-electron chi connectivity index (χ1n) is 12.1. The van der Waals surface area contributed by atoms with Crippen LogP contribution in [0, 0.1) is 17.2 Å². The first kappa shape index (κ1) is 26.1. The van der Waals surface area contributed by atoms with E-state index in [2.05, 4.69) is 5.32 Å². The summed E-state index contributed by atoms with van der Waals surface area (Å²) in [6.45, 7) is 3.81. The van der Waals surface area contributed by atoms with Crippen molar-refractivity contribution in [1.82, 2.24) is 4.31 Å². The summed E-state index contributed by atoms with van der Waals surface area (Å²) in [5.41, 5.74) is 1.65. The van der Waals surface area contributed by atoms with E-state index in [9.17, 15) is 18.3 Å². The van der Waals surface area contributed by atoms with Crippen LogP contribution in [0.25, 0.3) is 0 Å². The second-order valence-electron chi connectivity index (χ2n) is 9.14. The van der Waals surface area contributed by atoms with Gasteiger partial charge in [-0.1, -0.05) is 31.9 Å². The number of amides is 1. The van der Waals surface area contributed by atoms with Gasteiger partial charge in [0.15, 0.2) is 0 Å². The molecule has 2 N–H and O–H groups in total. The molecule has 1 aliphatic carbocycles. The van der Waals surface area contributed by atoms with Crippen molar-refractivity contribution in [2.45, 2.75) is 77.9 Å². The number of benzene rings is 1. The first-order valence-corrected chi connectivity index (χ1v) is 13.6. The zero-order chi connectivity index (χ0) is 24.7. The van der Waals surface area contributed by atoms with Crippen molar-refractivity contribution in [2.75, 3.05) is 11.9 Å². The van der Waals surface area contributed by atoms with E-state index in [0.717, 1.165) is 32.1 Å². The molecule has 1 amide bonds. The number of piperidine rings is 1. The minimum atomic E-state index is -3.60. The van der Waals surface area contributed by atoms with Gasteiger partial charge in [0.2, 0.25) is 10.0 Å². The van der Waals surface area contributed by atoms with Crippen LogP contribution in [0.2, 0.25) is 0 Å². The summed E-state index contributed by atoms with van der Waals surface area (Å²) in [7, 11) is -3.60. The van der Waals surface area contributed by atoms with Gasteiger partial charge in [0, 0.05) is 35.8 Å². The van der Waals surface area contributed by atoms with E-state index in [0.29, 0.717) is 46.2 Å². The van der Waals surface area contributed by atoms with Crippen LogP contribution in [0.15, 0.2) is 40.8 Å². The van der Waals surface area contributed by atoms with E-state index >= 15 is 0 Å². The van der Waals surface area contributed by atoms with Crippen LogP contribution in [-0.4, -0.2) is 36.3 Å². The fourth-order valence-corrected chi connectivity index (χ4v) is 7.01. The molecule has 0 bridgehead atoms. The lowest BCUT2D eigenvalue weighted by Gasteiger charge is -2.43. The highest BCUT2D eigenvalue weighted by molar-refractivity contribution is 7.93. The molecular weight excluding hydrogens is 450 g/mol. The smallest absolute Gasteiger partial charge is 0.250 e. The van der Waals surface area contributed by atoms with Gasteiger partial charge in [-0.25, -0.2) is 8.42 Å². The number of hydrogen-bond donors (Lipinski definition) is 2. The Morgan fingerprint density at radius 3 is 2.68 bits per heavy atom. The van der Waals surface area contributed by atoms with E-state index in [1.807, 2.05) is 13.0 Å². The fourth-order valence-electron chi connectivity index (χ4n) is 5.03. The summed E-state index contributed by atoms with van der Waals surface area (Å²) in [6.07, 6.45) is 10.5. The SMILES string of the molecule is CC/C=C(\C/C=C(\C)C(=O)Nc1ccc(C#N)cc1CO)S(=O)(=O)N1CCCC2CCCCC21. The molecule has 2 fully saturated rings. The molecule has 1 saturated carbocycles. The lowest BCUT2D eigenvalue weighted by molar-refractivity contribution is -0.112. The molecule has 1 saturated heterocycles. The van der Waals surface area contributed by atoms with E-state index in [-0.39, 0.29) is 25.0 Å². The molecular formula is C26H35N3O4S. The molecule has 1 aromatic rings. The summed E-state index contributed by atoms with van der Waals surface area (Å²) < 4.78 is 29.0. The molecule has 2 aliphatic rings.